The van der Waals surface area contributed by atoms with Crippen LogP contribution in [-0.4, -0.2) is 18.1 Å². The third kappa shape index (κ3) is 2.21. The molecule has 0 radical (unpaired) electrons. The topological polar surface area (TPSA) is 49.3 Å². The van der Waals surface area contributed by atoms with Crippen LogP contribution >= 0.6 is 0 Å². The van der Waals surface area contributed by atoms with Gasteiger partial charge in [-0.1, -0.05) is 12.1 Å². The number of rotatable bonds is 3. The summed E-state index contributed by atoms with van der Waals surface area (Å²) in [5.74, 6) is -1.25. The lowest BCUT2D eigenvalue weighted by Gasteiger charge is -2.08. The van der Waals surface area contributed by atoms with Gasteiger partial charge >= 0.3 is 5.97 Å². The molecule has 0 saturated heterocycles. The smallest absolute Gasteiger partial charge is 0.310 e. The van der Waals surface area contributed by atoms with E-state index in [-0.39, 0.29) is 0 Å². The van der Waals surface area contributed by atoms with E-state index >= 15 is 0 Å². The third-order valence-corrected chi connectivity index (χ3v) is 2.05. The van der Waals surface area contributed by atoms with E-state index in [4.69, 9.17) is 5.11 Å². The van der Waals surface area contributed by atoms with Crippen molar-refractivity contribution in [2.75, 3.05) is 12.4 Å². The molecule has 0 spiro atoms. The Labute approximate surface area is 77.4 Å². The van der Waals surface area contributed by atoms with E-state index < -0.39 is 11.9 Å². The molecule has 1 aromatic rings. The van der Waals surface area contributed by atoms with Crippen molar-refractivity contribution in [3.8, 4) is 0 Å². The summed E-state index contributed by atoms with van der Waals surface area (Å²) in [5, 5.41) is 11.7. The lowest BCUT2D eigenvalue weighted by Crippen LogP contribution is -2.07. The molecular formula is C10H13NO2. The first-order valence-electron chi connectivity index (χ1n) is 4.15. The Hall–Kier alpha value is -1.51. The summed E-state index contributed by atoms with van der Waals surface area (Å²) in [7, 11) is 1.81. The van der Waals surface area contributed by atoms with Gasteiger partial charge in [0.1, 0.15) is 0 Å². The van der Waals surface area contributed by atoms with Crippen LogP contribution in [-0.2, 0) is 4.79 Å². The standard InChI is InChI=1S/C10H13NO2/c1-7(10(12)13)8-4-3-5-9(6-8)11-2/h3-7,11H,1-2H3,(H,12,13). The molecule has 0 aliphatic carbocycles. The van der Waals surface area contributed by atoms with Crippen LogP contribution in [0.5, 0.6) is 0 Å². The van der Waals surface area contributed by atoms with Gasteiger partial charge in [-0.15, -0.1) is 0 Å². The van der Waals surface area contributed by atoms with Gasteiger partial charge in [0.15, 0.2) is 0 Å². The van der Waals surface area contributed by atoms with Gasteiger partial charge in [-0.05, 0) is 24.6 Å². The molecule has 1 atom stereocenters. The Bertz CT molecular complexity index is 310. The Kier molecular flexibility index (Phi) is 2.90. The van der Waals surface area contributed by atoms with Gasteiger partial charge in [0.05, 0.1) is 5.92 Å². The summed E-state index contributed by atoms with van der Waals surface area (Å²) in [6.07, 6.45) is 0. The van der Waals surface area contributed by atoms with Crippen molar-refractivity contribution in [1.29, 1.82) is 0 Å². The number of hydrogen-bond donors (Lipinski definition) is 2. The first kappa shape index (κ1) is 9.58. The normalized spacial score (nSPS) is 12.2. The zero-order valence-electron chi connectivity index (χ0n) is 7.74. The van der Waals surface area contributed by atoms with Crippen LogP contribution in [0.2, 0.25) is 0 Å². The minimum Gasteiger partial charge on any atom is -0.481 e. The zero-order chi connectivity index (χ0) is 9.84. The second kappa shape index (κ2) is 3.94. The largest absolute Gasteiger partial charge is 0.481 e. The molecule has 13 heavy (non-hydrogen) atoms. The number of carbonyl (C=O) groups is 1. The van der Waals surface area contributed by atoms with Gasteiger partial charge in [-0.2, -0.15) is 0 Å². The maximum Gasteiger partial charge on any atom is 0.310 e. The highest BCUT2D eigenvalue weighted by molar-refractivity contribution is 5.76. The van der Waals surface area contributed by atoms with Gasteiger partial charge in [0, 0.05) is 12.7 Å². The predicted molar refractivity (Wildman–Crippen MR) is 52.0 cm³/mol. The van der Waals surface area contributed by atoms with E-state index in [0.29, 0.717) is 0 Å². The first-order valence-corrected chi connectivity index (χ1v) is 4.15. The number of nitrogens with one attached hydrogen (secondary N) is 1. The average molecular weight is 179 g/mol. The summed E-state index contributed by atoms with van der Waals surface area (Å²) < 4.78 is 0. The van der Waals surface area contributed by atoms with E-state index in [1.54, 1.807) is 6.92 Å². The Morgan fingerprint density at radius 1 is 1.54 bits per heavy atom. The van der Waals surface area contributed by atoms with Gasteiger partial charge in [0.25, 0.3) is 0 Å². The molecule has 1 aromatic carbocycles. The molecule has 2 N–H and O–H groups in total. The first-order chi connectivity index (χ1) is 6.15. The highest BCUT2D eigenvalue weighted by Gasteiger charge is 2.12. The molecule has 70 valence electrons. The third-order valence-electron chi connectivity index (χ3n) is 2.05. The summed E-state index contributed by atoms with van der Waals surface area (Å²) in [6, 6.07) is 7.41. The fraction of sp³-hybridized carbons (Fsp3) is 0.300. The van der Waals surface area contributed by atoms with Crippen molar-refractivity contribution in [3.05, 3.63) is 29.8 Å². The molecule has 3 heteroatoms. The maximum absolute atomic E-state index is 10.7. The van der Waals surface area contributed by atoms with E-state index in [1.165, 1.54) is 0 Å². The highest BCUT2D eigenvalue weighted by Crippen LogP contribution is 2.18. The Morgan fingerprint density at radius 2 is 2.23 bits per heavy atom. The van der Waals surface area contributed by atoms with Crippen molar-refractivity contribution in [1.82, 2.24) is 0 Å². The molecular weight excluding hydrogens is 166 g/mol. The van der Waals surface area contributed by atoms with Crippen LogP contribution in [0.4, 0.5) is 5.69 Å². The van der Waals surface area contributed by atoms with Gasteiger partial charge in [0.2, 0.25) is 0 Å². The Morgan fingerprint density at radius 3 is 2.77 bits per heavy atom. The van der Waals surface area contributed by atoms with E-state index in [0.717, 1.165) is 11.3 Å². The SMILES string of the molecule is CNc1cccc(C(C)C(=O)O)c1. The van der Waals surface area contributed by atoms with Crippen molar-refractivity contribution >= 4 is 11.7 Å². The predicted octanol–water partition coefficient (Wildman–Crippen LogP) is 1.92. The summed E-state index contributed by atoms with van der Waals surface area (Å²) in [4.78, 5) is 10.7. The minimum atomic E-state index is -0.798. The number of benzene rings is 1. The summed E-state index contributed by atoms with van der Waals surface area (Å²) >= 11 is 0. The zero-order valence-corrected chi connectivity index (χ0v) is 7.74. The summed E-state index contributed by atoms with van der Waals surface area (Å²) in [5.41, 5.74) is 1.75. The number of carboxylic acids is 1. The fourth-order valence-electron chi connectivity index (χ4n) is 1.11. The van der Waals surface area contributed by atoms with Crippen molar-refractivity contribution in [2.24, 2.45) is 0 Å². The van der Waals surface area contributed by atoms with E-state index in [9.17, 15) is 4.79 Å². The van der Waals surface area contributed by atoms with Crippen molar-refractivity contribution < 1.29 is 9.90 Å². The molecule has 0 aliphatic rings. The quantitative estimate of drug-likeness (QED) is 0.745. The second-order valence-corrected chi connectivity index (χ2v) is 2.94. The molecule has 0 heterocycles. The van der Waals surface area contributed by atoms with Crippen LogP contribution in [0.25, 0.3) is 0 Å². The maximum atomic E-state index is 10.7. The van der Waals surface area contributed by atoms with Crippen LogP contribution < -0.4 is 5.32 Å². The number of hydrogen-bond acceptors (Lipinski definition) is 2. The molecule has 0 amide bonds. The number of carboxylic acid groups (broad SMARTS) is 1. The number of aliphatic carboxylic acids is 1. The van der Waals surface area contributed by atoms with Crippen LogP contribution in [0.3, 0.4) is 0 Å². The lowest BCUT2D eigenvalue weighted by atomic mass is 10.0. The average Bonchev–Trinajstić information content (AvgIpc) is 2.16. The molecule has 3 nitrogen and oxygen atoms in total. The monoisotopic (exact) mass is 179 g/mol. The van der Waals surface area contributed by atoms with E-state index in [1.807, 2.05) is 31.3 Å². The molecule has 0 aromatic heterocycles. The van der Waals surface area contributed by atoms with Crippen LogP contribution in [0.15, 0.2) is 24.3 Å². The van der Waals surface area contributed by atoms with Gasteiger partial charge in [-0.25, -0.2) is 0 Å². The lowest BCUT2D eigenvalue weighted by molar-refractivity contribution is -0.138. The second-order valence-electron chi connectivity index (χ2n) is 2.94. The fourth-order valence-corrected chi connectivity index (χ4v) is 1.11. The van der Waals surface area contributed by atoms with Crippen LogP contribution in [0.1, 0.15) is 18.4 Å². The minimum absolute atomic E-state index is 0.451. The molecule has 1 unspecified atom stereocenters. The van der Waals surface area contributed by atoms with E-state index in [2.05, 4.69) is 5.32 Å². The van der Waals surface area contributed by atoms with Crippen molar-refractivity contribution in [2.45, 2.75) is 12.8 Å². The molecule has 0 saturated carbocycles. The summed E-state index contributed by atoms with van der Waals surface area (Å²) in [6.45, 7) is 1.68. The number of anilines is 1. The van der Waals surface area contributed by atoms with Crippen molar-refractivity contribution in [3.63, 3.8) is 0 Å². The highest BCUT2D eigenvalue weighted by atomic mass is 16.4. The molecule has 0 aliphatic heterocycles. The van der Waals surface area contributed by atoms with Gasteiger partial charge in [-0.3, -0.25) is 4.79 Å². The molecule has 0 fully saturated rings. The Balaban J connectivity index is 2.94. The molecule has 0 bridgehead atoms. The van der Waals surface area contributed by atoms with Crippen LogP contribution in [0, 0.1) is 0 Å². The molecule has 1 rings (SSSR count). The van der Waals surface area contributed by atoms with Gasteiger partial charge < -0.3 is 10.4 Å².